The minimum Gasteiger partial charge on any atom is -0.395 e. The Bertz CT molecular complexity index is 783. The molecule has 1 heterocycles. The highest BCUT2D eigenvalue weighted by Crippen LogP contribution is 2.59. The van der Waals surface area contributed by atoms with Crippen molar-refractivity contribution in [3.05, 3.63) is 34.3 Å². The monoisotopic (exact) mass is 481 g/mol. The molecule has 1 aromatic carbocycles. The molecule has 3 N–H and O–H groups in total. The van der Waals surface area contributed by atoms with Crippen LogP contribution in [0.3, 0.4) is 0 Å². The second-order valence-corrected chi connectivity index (χ2v) is 11.1. The molecule has 0 aromatic heterocycles. The van der Waals surface area contributed by atoms with Crippen LogP contribution in [0.1, 0.15) is 54.4 Å². The van der Waals surface area contributed by atoms with Crippen molar-refractivity contribution in [2.24, 2.45) is 23.2 Å². The molecule has 1 unspecified atom stereocenters. The van der Waals surface area contributed by atoms with Crippen molar-refractivity contribution >= 4 is 29.9 Å². The van der Waals surface area contributed by atoms with Gasteiger partial charge < -0.3 is 15.7 Å². The summed E-state index contributed by atoms with van der Waals surface area (Å²) in [5, 5.41) is 16.7. The summed E-state index contributed by atoms with van der Waals surface area (Å²) < 4.78 is 0. The number of carbonyl (C=O) groups excluding carboxylic acids is 1. The molecule has 6 rings (SSSR count). The predicted molar refractivity (Wildman–Crippen MR) is 131 cm³/mol. The van der Waals surface area contributed by atoms with Gasteiger partial charge in [-0.15, -0.1) is 12.4 Å². The van der Waals surface area contributed by atoms with Gasteiger partial charge in [-0.25, -0.2) is 0 Å². The molecular weight excluding hydrogens is 445 g/mol. The van der Waals surface area contributed by atoms with Crippen LogP contribution in [0.5, 0.6) is 0 Å². The Hall–Kier alpha value is -0.850. The van der Waals surface area contributed by atoms with Crippen LogP contribution in [0, 0.1) is 23.2 Å². The fourth-order valence-corrected chi connectivity index (χ4v) is 7.52. The van der Waals surface area contributed by atoms with E-state index in [2.05, 4.69) is 15.5 Å². The summed E-state index contributed by atoms with van der Waals surface area (Å²) in [6.07, 6.45) is 9.00. The minimum atomic E-state index is -0.0296. The summed E-state index contributed by atoms with van der Waals surface area (Å²) in [5.74, 6) is 2.64. The second-order valence-electron chi connectivity index (χ2n) is 10.7. The number of hydrogen-bond acceptors (Lipinski definition) is 4. The van der Waals surface area contributed by atoms with Crippen LogP contribution in [-0.4, -0.2) is 61.3 Å². The number of nitrogens with zero attached hydrogens (tertiary/aromatic N) is 1. The SMILES string of the molecule is Cl.O=C(NCC12CC3CC(CC(C3)C1)C2)c1cc(CCN2CCNCC2CO)ccc1Cl. The van der Waals surface area contributed by atoms with Crippen molar-refractivity contribution in [1.82, 2.24) is 15.5 Å². The Morgan fingerprint density at radius 3 is 2.53 bits per heavy atom. The van der Waals surface area contributed by atoms with E-state index < -0.39 is 0 Å². The van der Waals surface area contributed by atoms with E-state index in [4.69, 9.17) is 11.6 Å². The Kier molecular flexibility index (Phi) is 7.73. The molecule has 5 nitrogen and oxygen atoms in total. The standard InChI is InChI=1S/C25H36ClN3O2.ClH/c26-23-2-1-17(3-5-29-6-4-27-14-21(29)15-30)10-22(23)24(31)28-16-25-11-18-7-19(12-25)9-20(8-18)13-25;/h1-2,10,18-21,27,30H,3-9,11-16H2,(H,28,31);1H. The smallest absolute Gasteiger partial charge is 0.252 e. The normalized spacial score (nSPS) is 33.7. The maximum Gasteiger partial charge on any atom is 0.252 e. The summed E-state index contributed by atoms with van der Waals surface area (Å²) in [4.78, 5) is 15.4. The molecule has 4 saturated carbocycles. The highest BCUT2D eigenvalue weighted by Gasteiger charge is 2.50. The van der Waals surface area contributed by atoms with Gasteiger partial charge in [-0.2, -0.15) is 0 Å². The number of hydrogen-bond donors (Lipinski definition) is 3. The van der Waals surface area contributed by atoms with Crippen LogP contribution in [0.25, 0.3) is 0 Å². The third kappa shape index (κ3) is 5.12. The van der Waals surface area contributed by atoms with Crippen molar-refractivity contribution in [2.45, 2.75) is 51.0 Å². The largest absolute Gasteiger partial charge is 0.395 e. The average molecular weight is 482 g/mol. The topological polar surface area (TPSA) is 64.6 Å². The van der Waals surface area contributed by atoms with Gasteiger partial charge in [0.25, 0.3) is 5.91 Å². The van der Waals surface area contributed by atoms with Gasteiger partial charge in [0.1, 0.15) is 0 Å². The summed E-state index contributed by atoms with van der Waals surface area (Å²) >= 11 is 6.43. The Morgan fingerprint density at radius 1 is 1.19 bits per heavy atom. The van der Waals surface area contributed by atoms with E-state index in [-0.39, 0.29) is 31.0 Å². The molecule has 1 aromatic rings. The first-order chi connectivity index (χ1) is 15.0. The zero-order valence-electron chi connectivity index (χ0n) is 18.8. The number of aliphatic hydroxyl groups is 1. The molecule has 4 aliphatic carbocycles. The van der Waals surface area contributed by atoms with Gasteiger partial charge in [-0.05, 0) is 85.8 Å². The molecule has 1 aliphatic heterocycles. The summed E-state index contributed by atoms with van der Waals surface area (Å²) in [6.45, 7) is 4.57. The van der Waals surface area contributed by atoms with Crippen molar-refractivity contribution < 1.29 is 9.90 Å². The van der Waals surface area contributed by atoms with Gasteiger partial charge in [0, 0.05) is 38.8 Å². The fourth-order valence-electron chi connectivity index (χ4n) is 7.32. The first-order valence-corrected chi connectivity index (χ1v) is 12.5. The molecular formula is C25H37Cl2N3O2. The van der Waals surface area contributed by atoms with Crippen LogP contribution in [0.4, 0.5) is 0 Å². The summed E-state index contributed by atoms with van der Waals surface area (Å²) in [6, 6.07) is 6.02. The highest BCUT2D eigenvalue weighted by molar-refractivity contribution is 6.33. The van der Waals surface area contributed by atoms with E-state index in [9.17, 15) is 9.90 Å². The highest BCUT2D eigenvalue weighted by atomic mass is 35.5. The molecule has 178 valence electrons. The zero-order chi connectivity index (χ0) is 21.4. The summed E-state index contributed by atoms with van der Waals surface area (Å²) in [5.41, 5.74) is 2.05. The maximum atomic E-state index is 13.1. The van der Waals surface area contributed by atoms with Gasteiger partial charge in [0.15, 0.2) is 0 Å². The lowest BCUT2D eigenvalue weighted by Crippen LogP contribution is -2.53. The van der Waals surface area contributed by atoms with E-state index in [0.29, 0.717) is 16.0 Å². The number of amides is 1. The van der Waals surface area contributed by atoms with Crippen molar-refractivity contribution in [3.8, 4) is 0 Å². The van der Waals surface area contributed by atoms with E-state index in [1.807, 2.05) is 18.2 Å². The van der Waals surface area contributed by atoms with Crippen molar-refractivity contribution in [3.63, 3.8) is 0 Å². The third-order valence-electron chi connectivity index (χ3n) is 8.44. The number of aliphatic hydroxyl groups excluding tert-OH is 1. The molecule has 1 atom stereocenters. The number of carbonyl (C=O) groups is 1. The van der Waals surface area contributed by atoms with Crippen molar-refractivity contribution in [2.75, 3.05) is 39.3 Å². The van der Waals surface area contributed by atoms with E-state index in [1.165, 1.54) is 38.5 Å². The third-order valence-corrected chi connectivity index (χ3v) is 8.76. The van der Waals surface area contributed by atoms with Crippen LogP contribution >= 0.6 is 24.0 Å². The first kappa shape index (κ1) is 24.3. The molecule has 5 aliphatic rings. The van der Waals surface area contributed by atoms with Gasteiger partial charge >= 0.3 is 0 Å². The fraction of sp³-hybridized carbons (Fsp3) is 0.720. The molecule has 7 heteroatoms. The lowest BCUT2D eigenvalue weighted by atomic mass is 9.49. The maximum absolute atomic E-state index is 13.1. The minimum absolute atomic E-state index is 0. The average Bonchev–Trinajstić information content (AvgIpc) is 2.76. The number of piperazine rings is 1. The number of nitrogens with one attached hydrogen (secondary N) is 2. The van der Waals surface area contributed by atoms with Crippen LogP contribution < -0.4 is 10.6 Å². The molecule has 32 heavy (non-hydrogen) atoms. The molecule has 4 bridgehead atoms. The van der Waals surface area contributed by atoms with Crippen molar-refractivity contribution in [1.29, 1.82) is 0 Å². The number of halogens is 2. The predicted octanol–water partition coefficient (Wildman–Crippen LogP) is 3.52. The zero-order valence-corrected chi connectivity index (χ0v) is 20.4. The second kappa shape index (κ2) is 10.2. The van der Waals surface area contributed by atoms with Gasteiger partial charge in [0.2, 0.25) is 0 Å². The quantitative estimate of drug-likeness (QED) is 0.557. The van der Waals surface area contributed by atoms with E-state index in [0.717, 1.165) is 62.5 Å². The van der Waals surface area contributed by atoms with E-state index >= 15 is 0 Å². The Morgan fingerprint density at radius 2 is 1.88 bits per heavy atom. The first-order valence-electron chi connectivity index (χ1n) is 12.2. The Balaban J connectivity index is 0.00000245. The number of rotatable bonds is 7. The van der Waals surface area contributed by atoms with Crippen LogP contribution in [-0.2, 0) is 6.42 Å². The van der Waals surface area contributed by atoms with Crippen LogP contribution in [0.2, 0.25) is 5.02 Å². The van der Waals surface area contributed by atoms with Crippen LogP contribution in [0.15, 0.2) is 18.2 Å². The summed E-state index contributed by atoms with van der Waals surface area (Å²) in [7, 11) is 0. The van der Waals surface area contributed by atoms with E-state index in [1.54, 1.807) is 0 Å². The lowest BCUT2D eigenvalue weighted by molar-refractivity contribution is -0.0503. The molecule has 5 fully saturated rings. The molecule has 0 spiro atoms. The van der Waals surface area contributed by atoms with Gasteiger partial charge in [-0.3, -0.25) is 9.69 Å². The number of benzene rings is 1. The lowest BCUT2D eigenvalue weighted by Gasteiger charge is -2.56. The molecule has 0 radical (unpaired) electrons. The van der Waals surface area contributed by atoms with Gasteiger partial charge in [0.05, 0.1) is 17.2 Å². The van der Waals surface area contributed by atoms with Gasteiger partial charge in [-0.1, -0.05) is 17.7 Å². The molecule has 1 amide bonds. The molecule has 1 saturated heterocycles. The Labute approximate surface area is 203 Å².